The van der Waals surface area contributed by atoms with Crippen LogP contribution in [0.3, 0.4) is 0 Å². The molecule has 4 atom stereocenters. The molecule has 1 fully saturated rings. The van der Waals surface area contributed by atoms with Crippen molar-refractivity contribution in [2.24, 2.45) is 5.92 Å². The van der Waals surface area contributed by atoms with Crippen molar-refractivity contribution in [3.63, 3.8) is 0 Å². The van der Waals surface area contributed by atoms with Gasteiger partial charge in [-0.2, -0.15) is 4.98 Å². The first kappa shape index (κ1) is 41.0. The third-order valence-electron chi connectivity index (χ3n) is 9.43. The van der Waals surface area contributed by atoms with Gasteiger partial charge in [-0.25, -0.2) is 14.6 Å². The van der Waals surface area contributed by atoms with Crippen LogP contribution >= 0.6 is 7.75 Å². The molecule has 0 spiro atoms. The molecule has 4 rings (SSSR count). The summed E-state index contributed by atoms with van der Waals surface area (Å²) in [5.41, 5.74) is 6.30. The topological polar surface area (TPSA) is 186 Å². The summed E-state index contributed by atoms with van der Waals surface area (Å²) in [6.07, 6.45) is 21.6. The molecule has 1 unspecified atom stereocenters. The van der Waals surface area contributed by atoms with Crippen LogP contribution in [0.25, 0.3) is 11.2 Å². The maximum atomic E-state index is 13.9. The summed E-state index contributed by atoms with van der Waals surface area (Å²) in [7, 11) is -3.94. The Morgan fingerprint density at radius 1 is 1.06 bits per heavy atom. The van der Waals surface area contributed by atoms with E-state index in [-0.39, 0.29) is 49.1 Å². The van der Waals surface area contributed by atoms with Crippen LogP contribution in [0.4, 0.5) is 5.95 Å². The number of H-pyrrole nitrogens is 1. The molecular weight excluding hydrogens is 681 g/mol. The lowest BCUT2D eigenvalue weighted by Crippen LogP contribution is -2.32. The number of aliphatic hydroxyl groups is 1. The van der Waals surface area contributed by atoms with Crippen molar-refractivity contribution in [1.29, 1.82) is 0 Å². The second-order valence-corrected chi connectivity index (χ2v) is 15.3. The van der Waals surface area contributed by atoms with Gasteiger partial charge in [0.2, 0.25) is 11.9 Å². The third-order valence-corrected chi connectivity index (χ3v) is 11.0. The van der Waals surface area contributed by atoms with Gasteiger partial charge in [-0.15, -0.1) is 0 Å². The molecule has 0 bridgehead atoms. The van der Waals surface area contributed by atoms with Crippen LogP contribution in [0, 0.1) is 5.92 Å². The summed E-state index contributed by atoms with van der Waals surface area (Å²) in [4.78, 5) is 35.6. The summed E-state index contributed by atoms with van der Waals surface area (Å²) in [5, 5.41) is 16.7. The highest BCUT2D eigenvalue weighted by Gasteiger charge is 2.40. The molecule has 0 aliphatic heterocycles. The molecule has 2 aromatic heterocycles. The number of aromatic nitrogens is 4. The van der Waals surface area contributed by atoms with Crippen LogP contribution in [-0.4, -0.2) is 56.3 Å². The smallest absolute Gasteiger partial charge is 0.413 e. The highest BCUT2D eigenvalue weighted by Crippen LogP contribution is 2.47. The van der Waals surface area contributed by atoms with Crippen LogP contribution in [0.2, 0.25) is 0 Å². The standard InChI is InChI=1S/C38H58N7O6P/c1-3-4-5-6-7-8-9-10-11-12-13-14-15-16-20-23-34(47)40-24-25-42-52(49,51-30-21-18-17-19-22-30)50-27-31-29(2)32(26-33(31)46)45-28-41-35-36(45)43-38(39)44-37(35)48/h10-11,17-19,21-22,28,31-33,46H,2-9,12-16,20,23-27H2,1H3,(H,40,47)(H,42,49)(H3,39,43,44,48)/b11-10-/t31-,32-,33-,52?/m0/s1. The van der Waals surface area contributed by atoms with Crippen molar-refractivity contribution >= 4 is 30.8 Å². The Balaban J connectivity index is 1.16. The highest BCUT2D eigenvalue weighted by molar-refractivity contribution is 7.52. The van der Waals surface area contributed by atoms with Gasteiger partial charge in [-0.05, 0) is 56.2 Å². The molecule has 6 N–H and O–H groups in total. The number of carbonyl (C=O) groups excluding carboxylic acids is 1. The largest absolute Gasteiger partial charge is 0.458 e. The first-order valence-electron chi connectivity index (χ1n) is 19.0. The lowest BCUT2D eigenvalue weighted by atomic mass is 10.0. The number of hydrogen-bond donors (Lipinski definition) is 5. The zero-order valence-electron chi connectivity index (χ0n) is 30.6. The quantitative estimate of drug-likeness (QED) is 0.0340. The number of allylic oxidation sites excluding steroid dienone is 2. The summed E-state index contributed by atoms with van der Waals surface area (Å²) >= 11 is 0. The predicted molar refractivity (Wildman–Crippen MR) is 206 cm³/mol. The summed E-state index contributed by atoms with van der Waals surface area (Å²) in [5.74, 6) is -0.357. The number of nitrogen functional groups attached to an aromatic ring is 1. The van der Waals surface area contributed by atoms with Crippen molar-refractivity contribution in [2.75, 3.05) is 25.4 Å². The monoisotopic (exact) mass is 739 g/mol. The molecular formula is C38H58N7O6P. The molecule has 1 aromatic carbocycles. The number of hydrogen-bond acceptors (Lipinski definition) is 9. The fourth-order valence-corrected chi connectivity index (χ4v) is 7.81. The van der Waals surface area contributed by atoms with Gasteiger partial charge in [0.05, 0.1) is 25.1 Å². The zero-order chi connectivity index (χ0) is 37.2. The minimum absolute atomic E-state index is 0.0485. The second-order valence-electron chi connectivity index (χ2n) is 13.6. The number of nitrogens with zero attached hydrogens (tertiary/aromatic N) is 3. The van der Waals surface area contributed by atoms with E-state index in [0.717, 1.165) is 25.7 Å². The van der Waals surface area contributed by atoms with Crippen molar-refractivity contribution in [2.45, 2.75) is 115 Å². The Morgan fingerprint density at radius 3 is 2.44 bits per heavy atom. The molecule has 52 heavy (non-hydrogen) atoms. The maximum Gasteiger partial charge on any atom is 0.458 e. The van der Waals surface area contributed by atoms with Crippen LogP contribution in [0.15, 0.2) is 65.8 Å². The summed E-state index contributed by atoms with van der Waals surface area (Å²) < 4.78 is 27.3. The number of anilines is 1. The third kappa shape index (κ3) is 13.0. The number of benzene rings is 1. The molecule has 1 aliphatic rings. The molecule has 3 aromatic rings. The number of nitrogens with two attached hydrogens (primary N) is 1. The Labute approximate surface area is 307 Å². The molecule has 0 saturated heterocycles. The van der Waals surface area contributed by atoms with Gasteiger partial charge in [0, 0.05) is 25.4 Å². The van der Waals surface area contributed by atoms with Crippen LogP contribution in [0.5, 0.6) is 5.75 Å². The van der Waals surface area contributed by atoms with E-state index in [0.29, 0.717) is 17.7 Å². The van der Waals surface area contributed by atoms with E-state index in [4.69, 9.17) is 14.8 Å². The van der Waals surface area contributed by atoms with Gasteiger partial charge < -0.3 is 25.2 Å². The molecule has 0 radical (unpaired) electrons. The number of imidazole rings is 1. The number of para-hydroxylation sites is 1. The van der Waals surface area contributed by atoms with Crippen molar-refractivity contribution in [3.8, 4) is 5.75 Å². The van der Waals surface area contributed by atoms with Gasteiger partial charge >= 0.3 is 7.75 Å². The first-order valence-corrected chi connectivity index (χ1v) is 20.5. The van der Waals surface area contributed by atoms with Crippen LogP contribution in [-0.2, 0) is 13.9 Å². The van der Waals surface area contributed by atoms with Crippen molar-refractivity contribution in [3.05, 3.63) is 71.3 Å². The minimum atomic E-state index is -3.94. The number of aromatic amines is 1. The van der Waals surface area contributed by atoms with E-state index in [1.807, 2.05) is 6.07 Å². The number of aliphatic hydroxyl groups excluding tert-OH is 1. The fraction of sp³-hybridized carbons (Fsp3) is 0.579. The second kappa shape index (κ2) is 21.7. The van der Waals surface area contributed by atoms with E-state index in [9.17, 15) is 19.3 Å². The van der Waals surface area contributed by atoms with E-state index in [1.165, 1.54) is 64.1 Å². The van der Waals surface area contributed by atoms with E-state index in [1.54, 1.807) is 28.8 Å². The SMILES string of the molecule is C=C1[C@H](COP(=O)(NCCNC(=O)CCCCCCC/C=C\CCCCCCCC)Oc2ccccc2)[C@@H](O)C[C@@H]1n1cnc2c(=O)[nH]c(N)nc21. The van der Waals surface area contributed by atoms with Gasteiger partial charge in [0.25, 0.3) is 5.56 Å². The Kier molecular flexibility index (Phi) is 17.1. The number of amides is 1. The van der Waals surface area contributed by atoms with Crippen LogP contribution in [0.1, 0.15) is 109 Å². The van der Waals surface area contributed by atoms with Gasteiger partial charge in [-0.3, -0.25) is 19.1 Å². The number of carbonyl (C=O) groups is 1. The molecule has 1 aliphatic carbocycles. The Bertz CT molecular complexity index is 1680. The number of rotatable bonds is 25. The van der Waals surface area contributed by atoms with Crippen molar-refractivity contribution in [1.82, 2.24) is 29.9 Å². The number of unbranched alkanes of at least 4 members (excludes halogenated alkanes) is 11. The number of fused-ring (bicyclic) bond motifs is 1. The Hall–Kier alpha value is -3.77. The molecule has 14 heteroatoms. The zero-order valence-corrected chi connectivity index (χ0v) is 31.5. The fourth-order valence-electron chi connectivity index (χ4n) is 6.46. The average molecular weight is 740 g/mol. The molecule has 13 nitrogen and oxygen atoms in total. The van der Waals surface area contributed by atoms with Gasteiger partial charge in [0.15, 0.2) is 11.2 Å². The van der Waals surface area contributed by atoms with Gasteiger partial charge in [0.1, 0.15) is 5.75 Å². The predicted octanol–water partition coefficient (Wildman–Crippen LogP) is 7.13. The van der Waals surface area contributed by atoms with Gasteiger partial charge in [-0.1, -0.05) is 95.2 Å². The highest BCUT2D eigenvalue weighted by atomic mass is 31.2. The lowest BCUT2D eigenvalue weighted by molar-refractivity contribution is -0.121. The molecule has 2 heterocycles. The van der Waals surface area contributed by atoms with Crippen molar-refractivity contribution < 1.29 is 23.5 Å². The minimum Gasteiger partial charge on any atom is -0.413 e. The molecule has 286 valence electrons. The van der Waals surface area contributed by atoms with E-state index in [2.05, 4.69) is 51.0 Å². The maximum absolute atomic E-state index is 13.9. The van der Waals surface area contributed by atoms with E-state index < -0.39 is 31.4 Å². The first-order chi connectivity index (χ1) is 25.2. The Morgan fingerprint density at radius 2 is 1.73 bits per heavy atom. The normalized spacial score (nSPS) is 18.7. The molecule has 1 amide bonds. The average Bonchev–Trinajstić information content (AvgIpc) is 3.67. The molecule has 1 saturated carbocycles. The van der Waals surface area contributed by atoms with Crippen LogP contribution < -0.4 is 26.2 Å². The lowest BCUT2D eigenvalue weighted by Gasteiger charge is -2.23. The number of nitrogens with one attached hydrogen (secondary N) is 3. The summed E-state index contributed by atoms with van der Waals surface area (Å²) in [6, 6.07) is 8.20. The summed E-state index contributed by atoms with van der Waals surface area (Å²) in [6.45, 7) is 6.66. The van der Waals surface area contributed by atoms with E-state index >= 15 is 0 Å².